The highest BCUT2D eigenvalue weighted by molar-refractivity contribution is 14.2. The summed E-state index contributed by atoms with van der Waals surface area (Å²) in [7, 11) is 1.84. The smallest absolute Gasteiger partial charge is 0.0474 e. The van der Waals surface area contributed by atoms with Crippen LogP contribution in [0.1, 0.15) is 13.3 Å². The molecule has 0 saturated carbocycles. The van der Waals surface area contributed by atoms with E-state index >= 15 is 0 Å². The van der Waals surface area contributed by atoms with Crippen LogP contribution in [0.5, 0.6) is 0 Å². The second-order valence-electron chi connectivity index (χ2n) is 1.36. The molecule has 0 aliphatic carbocycles. The maximum atomic E-state index is 5.12. The average molecular weight is 246 g/mol. The van der Waals surface area contributed by atoms with Crippen molar-refractivity contribution in [2.45, 2.75) is 13.3 Å². The maximum absolute atomic E-state index is 5.12. The van der Waals surface area contributed by atoms with Crippen LogP contribution in [0.2, 0.25) is 0 Å². The van der Waals surface area contributed by atoms with Gasteiger partial charge in [0.1, 0.15) is 0 Å². The molecule has 0 unspecified atom stereocenters. The van der Waals surface area contributed by atoms with Crippen molar-refractivity contribution in [2.75, 3.05) is 19.0 Å². The predicted octanol–water partition coefficient (Wildman–Crippen LogP) is 2.50. The van der Waals surface area contributed by atoms with Gasteiger partial charge < -0.3 is 4.74 Å². The van der Waals surface area contributed by atoms with Crippen molar-refractivity contribution < 1.29 is 4.74 Å². The molecule has 0 bridgehead atoms. The first-order valence-corrected chi connectivity index (χ1v) is 6.26. The molecule has 0 heterocycles. The highest BCUT2D eigenvalue weighted by Crippen LogP contribution is 2.11. The third-order valence-corrected chi connectivity index (χ3v) is 2.48. The second-order valence-corrected chi connectivity index (χ2v) is 3.86. The molecule has 0 atom stereocenters. The summed E-state index contributed by atoms with van der Waals surface area (Å²) >= 11 is 2.30. The largest absolute Gasteiger partial charge is 0.382 e. The fraction of sp³-hybridized carbons (Fsp3) is 1.00. The van der Waals surface area contributed by atoms with Crippen molar-refractivity contribution in [1.82, 2.24) is 0 Å². The van der Waals surface area contributed by atoms with Gasteiger partial charge in [0.05, 0.1) is 0 Å². The van der Waals surface area contributed by atoms with E-state index in [1.54, 1.807) is 0 Å². The van der Waals surface area contributed by atoms with Gasteiger partial charge in [-0.25, -0.2) is 0 Å². The quantitative estimate of drug-likeness (QED) is 0.544. The first-order chi connectivity index (χ1) is 3.91. The highest BCUT2D eigenvalue weighted by atomic mass is 127. The number of rotatable bonds is 5. The number of hydrogen-bond donors (Lipinski definition) is 0. The molecule has 0 aromatic heterocycles. The van der Waals surface area contributed by atoms with Gasteiger partial charge in [0, 0.05) is 19.0 Å². The van der Waals surface area contributed by atoms with Gasteiger partial charge in [-0.2, -0.15) is 0 Å². The van der Waals surface area contributed by atoms with E-state index in [-0.39, 0.29) is 0 Å². The van der Waals surface area contributed by atoms with Gasteiger partial charge in [0.2, 0.25) is 0 Å². The van der Waals surface area contributed by atoms with Crippen LogP contribution in [-0.4, -0.2) is 19.0 Å². The molecule has 0 amide bonds. The molecule has 0 aromatic rings. The van der Waals surface area contributed by atoms with Crippen LogP contribution in [0.15, 0.2) is 0 Å². The van der Waals surface area contributed by atoms with Crippen LogP contribution < -0.4 is 0 Å². The molecule has 0 fully saturated rings. The Morgan fingerprint density at radius 1 is 1.62 bits per heavy atom. The predicted molar refractivity (Wildman–Crippen MR) is 47.6 cm³/mol. The lowest BCUT2D eigenvalue weighted by atomic mass is 10.5. The van der Waals surface area contributed by atoms with E-state index in [0.29, 0.717) is 0 Å². The zero-order chi connectivity index (χ0) is 6.24. The van der Waals surface area contributed by atoms with Crippen LogP contribution in [0.4, 0.5) is 0 Å². The SMILES string of the molecule is CCOCCCSI. The molecule has 0 radical (unpaired) electrons. The molecule has 50 valence electrons. The van der Waals surface area contributed by atoms with E-state index in [1.165, 1.54) is 12.2 Å². The molecule has 0 aromatic carbocycles. The Kier molecular flexibility index (Phi) is 9.09. The minimum Gasteiger partial charge on any atom is -0.382 e. The molecule has 0 spiro atoms. The number of hydrogen-bond acceptors (Lipinski definition) is 2. The second kappa shape index (κ2) is 8.04. The highest BCUT2D eigenvalue weighted by Gasteiger charge is 1.83. The Balaban J connectivity index is 2.53. The Morgan fingerprint density at radius 3 is 2.88 bits per heavy atom. The lowest BCUT2D eigenvalue weighted by Crippen LogP contribution is -1.93. The molecular weight excluding hydrogens is 235 g/mol. The Morgan fingerprint density at radius 2 is 2.38 bits per heavy atom. The van der Waals surface area contributed by atoms with Crippen LogP contribution in [0.3, 0.4) is 0 Å². The van der Waals surface area contributed by atoms with E-state index < -0.39 is 0 Å². The zero-order valence-electron chi connectivity index (χ0n) is 5.02. The first-order valence-electron chi connectivity index (χ1n) is 2.73. The van der Waals surface area contributed by atoms with Gasteiger partial charge >= 0.3 is 0 Å². The molecule has 0 rings (SSSR count). The van der Waals surface area contributed by atoms with Gasteiger partial charge in [0.15, 0.2) is 0 Å². The minimum atomic E-state index is 0.853. The lowest BCUT2D eigenvalue weighted by Gasteiger charge is -1.96. The molecule has 3 heteroatoms. The average Bonchev–Trinajstić information content (AvgIpc) is 1.81. The Hall–Kier alpha value is 1.04. The standard InChI is InChI=1S/C5H11IOS/c1-2-7-4-3-5-8-6/h2-5H2,1H3. The molecule has 0 saturated heterocycles. The summed E-state index contributed by atoms with van der Waals surface area (Å²) in [5.74, 6) is 1.21. The summed E-state index contributed by atoms with van der Waals surface area (Å²) in [4.78, 5) is 0. The number of halogens is 1. The summed E-state index contributed by atoms with van der Waals surface area (Å²) in [5.41, 5.74) is 0. The Bertz CT molecular complexity index is 37.4. The van der Waals surface area contributed by atoms with Crippen LogP contribution in [0.25, 0.3) is 0 Å². The molecular formula is C5H11IOS. The lowest BCUT2D eigenvalue weighted by molar-refractivity contribution is 0.149. The van der Waals surface area contributed by atoms with E-state index in [9.17, 15) is 0 Å². The fourth-order valence-corrected chi connectivity index (χ4v) is 1.52. The number of ether oxygens (including phenoxy) is 1. The summed E-state index contributed by atoms with van der Waals surface area (Å²) in [5, 5.41) is 0. The fourth-order valence-electron chi connectivity index (χ4n) is 0.360. The molecule has 1 nitrogen and oxygen atoms in total. The minimum absolute atomic E-state index is 0.853. The normalized spacial score (nSPS) is 9.75. The van der Waals surface area contributed by atoms with Crippen molar-refractivity contribution in [2.24, 2.45) is 0 Å². The molecule has 0 aliphatic rings. The van der Waals surface area contributed by atoms with Crippen molar-refractivity contribution in [3.05, 3.63) is 0 Å². The summed E-state index contributed by atoms with van der Waals surface area (Å²) in [6.45, 7) is 3.80. The van der Waals surface area contributed by atoms with Crippen LogP contribution >= 0.6 is 30.1 Å². The monoisotopic (exact) mass is 246 g/mol. The summed E-state index contributed by atoms with van der Waals surface area (Å²) in [6.07, 6.45) is 1.18. The van der Waals surface area contributed by atoms with Crippen LogP contribution in [0, 0.1) is 0 Å². The van der Waals surface area contributed by atoms with Crippen molar-refractivity contribution in [1.29, 1.82) is 0 Å². The molecule has 8 heavy (non-hydrogen) atoms. The van der Waals surface area contributed by atoms with Gasteiger partial charge in [0.25, 0.3) is 0 Å². The third-order valence-electron chi connectivity index (χ3n) is 0.714. The maximum Gasteiger partial charge on any atom is 0.0474 e. The van der Waals surface area contributed by atoms with Crippen molar-refractivity contribution in [3.63, 3.8) is 0 Å². The van der Waals surface area contributed by atoms with E-state index in [4.69, 9.17) is 4.74 Å². The van der Waals surface area contributed by atoms with Gasteiger partial charge in [-0.05, 0) is 34.6 Å². The van der Waals surface area contributed by atoms with Crippen LogP contribution in [-0.2, 0) is 4.74 Å². The molecule has 0 aliphatic heterocycles. The van der Waals surface area contributed by atoms with E-state index in [1.807, 2.05) is 15.9 Å². The van der Waals surface area contributed by atoms with Gasteiger partial charge in [-0.3, -0.25) is 0 Å². The Labute approximate surface area is 67.1 Å². The van der Waals surface area contributed by atoms with Gasteiger partial charge in [-0.1, -0.05) is 8.93 Å². The summed E-state index contributed by atoms with van der Waals surface area (Å²) in [6, 6.07) is 0. The summed E-state index contributed by atoms with van der Waals surface area (Å²) < 4.78 is 5.12. The third kappa shape index (κ3) is 7.04. The topological polar surface area (TPSA) is 9.23 Å². The molecule has 0 N–H and O–H groups in total. The zero-order valence-corrected chi connectivity index (χ0v) is 8.00. The van der Waals surface area contributed by atoms with Crippen molar-refractivity contribution in [3.8, 4) is 0 Å². The van der Waals surface area contributed by atoms with E-state index in [0.717, 1.165) is 13.2 Å². The van der Waals surface area contributed by atoms with E-state index in [2.05, 4.69) is 21.2 Å². The van der Waals surface area contributed by atoms with Gasteiger partial charge in [-0.15, -0.1) is 0 Å². The first kappa shape index (κ1) is 9.04. The van der Waals surface area contributed by atoms with Crippen molar-refractivity contribution >= 4 is 30.1 Å².